The molecule has 1 aromatic heterocycles. The Morgan fingerprint density at radius 3 is 2.75 bits per heavy atom. The van der Waals surface area contributed by atoms with Gasteiger partial charge in [-0.05, 0) is 53.5 Å². The normalized spacial score (nSPS) is 11.2. The highest BCUT2D eigenvalue weighted by atomic mass is 79.9. The third-order valence-corrected chi connectivity index (χ3v) is 4.27. The number of hydrogen-bond acceptors (Lipinski definition) is 4. The first-order chi connectivity index (χ1) is 9.56. The highest BCUT2D eigenvalue weighted by Crippen LogP contribution is 2.24. The maximum atomic E-state index is 8.63. The zero-order valence-corrected chi connectivity index (χ0v) is 13.2. The van der Waals surface area contributed by atoms with E-state index in [-0.39, 0.29) is 0 Å². The maximum Gasteiger partial charge on any atom is 0.123 e. The van der Waals surface area contributed by atoms with Crippen LogP contribution in [0.3, 0.4) is 0 Å². The number of nitrogens with zero attached hydrogens (tertiary/aromatic N) is 3. The predicted molar refractivity (Wildman–Crippen MR) is 80.9 cm³/mol. The molecular formula is C14H16BrN3O2. The Morgan fingerprint density at radius 2 is 2.20 bits per heavy atom. The van der Waals surface area contributed by atoms with E-state index in [1.165, 1.54) is 6.21 Å². The fourth-order valence-corrected chi connectivity index (χ4v) is 2.34. The van der Waals surface area contributed by atoms with Gasteiger partial charge < -0.3 is 9.94 Å². The van der Waals surface area contributed by atoms with E-state index in [1.54, 1.807) is 7.11 Å². The molecule has 106 valence electrons. The summed E-state index contributed by atoms with van der Waals surface area (Å²) in [6.07, 6.45) is 1.39. The largest absolute Gasteiger partial charge is 0.496 e. The second-order valence-electron chi connectivity index (χ2n) is 4.46. The molecule has 0 aliphatic rings. The second kappa shape index (κ2) is 6.09. The maximum absolute atomic E-state index is 8.63. The summed E-state index contributed by atoms with van der Waals surface area (Å²) in [5.74, 6) is 0.781. The van der Waals surface area contributed by atoms with Crippen molar-refractivity contribution in [1.82, 2.24) is 9.78 Å². The smallest absolute Gasteiger partial charge is 0.123 e. The van der Waals surface area contributed by atoms with Crippen LogP contribution in [-0.4, -0.2) is 28.3 Å². The lowest BCUT2D eigenvalue weighted by Gasteiger charge is -2.10. The second-order valence-corrected chi connectivity index (χ2v) is 5.25. The lowest BCUT2D eigenvalue weighted by Crippen LogP contribution is -2.06. The molecule has 0 aliphatic heterocycles. The average molecular weight is 338 g/mol. The predicted octanol–water partition coefficient (Wildman–Crippen LogP) is 3.13. The molecule has 20 heavy (non-hydrogen) atoms. The molecule has 0 saturated heterocycles. The summed E-state index contributed by atoms with van der Waals surface area (Å²) >= 11 is 3.52. The van der Waals surface area contributed by atoms with Crippen LogP contribution in [-0.2, 0) is 6.54 Å². The molecule has 1 N–H and O–H groups in total. The van der Waals surface area contributed by atoms with Gasteiger partial charge in [0.2, 0.25) is 0 Å². The number of halogens is 1. The fourth-order valence-electron chi connectivity index (χ4n) is 2.06. The number of hydrogen-bond donors (Lipinski definition) is 1. The molecule has 0 fully saturated rings. The molecule has 0 unspecified atom stereocenters. The monoisotopic (exact) mass is 337 g/mol. The van der Waals surface area contributed by atoms with Crippen molar-refractivity contribution < 1.29 is 9.94 Å². The molecule has 0 aliphatic carbocycles. The van der Waals surface area contributed by atoms with Crippen molar-refractivity contribution in [2.75, 3.05) is 7.11 Å². The topological polar surface area (TPSA) is 59.6 Å². The minimum Gasteiger partial charge on any atom is -0.496 e. The molecular weight excluding hydrogens is 322 g/mol. The number of aromatic nitrogens is 2. The van der Waals surface area contributed by atoms with Crippen LogP contribution >= 0.6 is 15.9 Å². The molecule has 0 saturated carbocycles. The van der Waals surface area contributed by atoms with Crippen LogP contribution in [0.15, 0.2) is 27.8 Å². The van der Waals surface area contributed by atoms with Crippen LogP contribution in [0.2, 0.25) is 0 Å². The number of ether oxygens (including phenoxy) is 1. The summed E-state index contributed by atoms with van der Waals surface area (Å²) in [6.45, 7) is 4.56. The van der Waals surface area contributed by atoms with E-state index in [4.69, 9.17) is 9.94 Å². The number of benzene rings is 1. The van der Waals surface area contributed by atoms with Gasteiger partial charge in [-0.1, -0.05) is 5.16 Å². The zero-order valence-electron chi connectivity index (χ0n) is 11.6. The highest BCUT2D eigenvalue weighted by Gasteiger charge is 2.11. The van der Waals surface area contributed by atoms with Crippen molar-refractivity contribution in [3.8, 4) is 5.75 Å². The van der Waals surface area contributed by atoms with Crippen LogP contribution < -0.4 is 4.74 Å². The quantitative estimate of drug-likeness (QED) is 0.529. The Hall–Kier alpha value is -1.82. The molecule has 2 aromatic rings. The molecule has 2 rings (SSSR count). The Kier molecular flexibility index (Phi) is 4.44. The first-order valence-electron chi connectivity index (χ1n) is 6.10. The van der Waals surface area contributed by atoms with E-state index in [0.29, 0.717) is 6.54 Å². The Morgan fingerprint density at radius 1 is 1.45 bits per heavy atom. The van der Waals surface area contributed by atoms with E-state index >= 15 is 0 Å². The minimum absolute atomic E-state index is 0.592. The highest BCUT2D eigenvalue weighted by molar-refractivity contribution is 9.10. The summed E-state index contributed by atoms with van der Waals surface area (Å²) < 4.78 is 8.30. The van der Waals surface area contributed by atoms with Crippen molar-refractivity contribution in [3.63, 3.8) is 0 Å². The van der Waals surface area contributed by atoms with Crippen molar-refractivity contribution in [3.05, 3.63) is 45.2 Å². The summed E-state index contributed by atoms with van der Waals surface area (Å²) in [4.78, 5) is 0. The lowest BCUT2D eigenvalue weighted by molar-refractivity contribution is 0.322. The van der Waals surface area contributed by atoms with Gasteiger partial charge in [-0.3, -0.25) is 4.68 Å². The van der Waals surface area contributed by atoms with Gasteiger partial charge in [0.05, 0.1) is 35.7 Å². The van der Waals surface area contributed by atoms with E-state index < -0.39 is 0 Å². The molecule has 1 heterocycles. The molecule has 1 aromatic carbocycles. The number of aryl methyl sites for hydroxylation is 1. The first-order valence-corrected chi connectivity index (χ1v) is 6.90. The third-order valence-electron chi connectivity index (χ3n) is 3.12. The summed E-state index contributed by atoms with van der Waals surface area (Å²) in [5.41, 5.74) is 3.80. The van der Waals surface area contributed by atoms with E-state index in [0.717, 1.165) is 32.7 Å². The summed E-state index contributed by atoms with van der Waals surface area (Å²) in [5, 5.41) is 16.2. The van der Waals surface area contributed by atoms with E-state index in [9.17, 15) is 0 Å². The van der Waals surface area contributed by atoms with E-state index in [1.807, 2.05) is 36.7 Å². The van der Waals surface area contributed by atoms with Gasteiger partial charge in [0.15, 0.2) is 0 Å². The van der Waals surface area contributed by atoms with E-state index in [2.05, 4.69) is 26.2 Å². The number of methoxy groups -OCH3 is 1. The zero-order chi connectivity index (χ0) is 14.7. The standard InChI is InChI=1S/C14H16BrN3O2/c1-9-14(15)10(2)18(17-9)8-12-6-11(7-16-19)4-5-13(12)20-3/h4-7,19H,8H2,1-3H3/b16-7+. The molecule has 6 heteroatoms. The summed E-state index contributed by atoms with van der Waals surface area (Å²) in [6, 6.07) is 5.61. The SMILES string of the molecule is COc1ccc(/C=N/O)cc1Cn1nc(C)c(Br)c1C. The molecule has 0 amide bonds. The molecule has 0 atom stereocenters. The number of rotatable bonds is 4. The fraction of sp³-hybridized carbons (Fsp3) is 0.286. The van der Waals surface area contributed by atoms with Gasteiger partial charge in [-0.2, -0.15) is 5.10 Å². The summed E-state index contributed by atoms with van der Waals surface area (Å²) in [7, 11) is 1.63. The van der Waals surface area contributed by atoms with Gasteiger partial charge >= 0.3 is 0 Å². The van der Waals surface area contributed by atoms with Gasteiger partial charge in [-0.25, -0.2) is 0 Å². The van der Waals surface area contributed by atoms with Crippen LogP contribution in [0.4, 0.5) is 0 Å². The van der Waals surface area contributed by atoms with Crippen molar-refractivity contribution in [2.24, 2.45) is 5.16 Å². The van der Waals surface area contributed by atoms with Gasteiger partial charge in [0.25, 0.3) is 0 Å². The minimum atomic E-state index is 0.592. The molecule has 5 nitrogen and oxygen atoms in total. The molecule has 0 radical (unpaired) electrons. The van der Waals surface area contributed by atoms with Gasteiger partial charge in [0, 0.05) is 5.56 Å². The average Bonchev–Trinajstić information content (AvgIpc) is 2.67. The van der Waals surface area contributed by atoms with Crippen molar-refractivity contribution in [1.29, 1.82) is 0 Å². The van der Waals surface area contributed by atoms with Crippen molar-refractivity contribution in [2.45, 2.75) is 20.4 Å². The van der Waals surface area contributed by atoms with Gasteiger partial charge in [0.1, 0.15) is 5.75 Å². The molecule has 0 spiro atoms. The third kappa shape index (κ3) is 2.85. The first kappa shape index (κ1) is 14.6. The molecule has 0 bridgehead atoms. The Balaban J connectivity index is 2.40. The van der Waals surface area contributed by atoms with Crippen LogP contribution in [0.25, 0.3) is 0 Å². The lowest BCUT2D eigenvalue weighted by atomic mass is 10.1. The van der Waals surface area contributed by atoms with Gasteiger partial charge in [-0.15, -0.1) is 0 Å². The van der Waals surface area contributed by atoms with Crippen LogP contribution in [0.5, 0.6) is 5.75 Å². The van der Waals surface area contributed by atoms with Crippen LogP contribution in [0.1, 0.15) is 22.5 Å². The van der Waals surface area contributed by atoms with Crippen LogP contribution in [0, 0.1) is 13.8 Å². The van der Waals surface area contributed by atoms with Crippen molar-refractivity contribution >= 4 is 22.1 Å². The Labute approximate surface area is 126 Å². The Bertz CT molecular complexity index is 650. The number of oxime groups is 1.